The third kappa shape index (κ3) is 8.50. The molecule has 7 nitrogen and oxygen atoms in total. The van der Waals surface area contributed by atoms with Crippen molar-refractivity contribution in [1.29, 1.82) is 0 Å². The standard InChI is InChI=1S/C35H34BrCl2N3O4S/c36-27-13-9-12-26(20-27)23-40(33(21-25-10-3-1-4-11-25)35(43)39-29-14-7-8-15-29)34(42)24-41(32-22-28(37)18-19-31(32)38)46(44,45)30-16-5-2-6-17-30/h1-6,9-13,16-20,22,29,33H,7-8,14-15,21,23-24H2,(H,39,43). The molecule has 46 heavy (non-hydrogen) atoms. The SMILES string of the molecule is O=C(NC1CCCC1)C(Cc1ccccc1)N(Cc1cccc(Br)c1)C(=O)CN(c1cc(Cl)ccc1Cl)S(=O)(=O)c1ccccc1. The zero-order valence-electron chi connectivity index (χ0n) is 25.0. The molecule has 240 valence electrons. The second-order valence-electron chi connectivity index (χ2n) is 11.3. The van der Waals surface area contributed by atoms with Gasteiger partial charge in [-0.3, -0.25) is 13.9 Å². The van der Waals surface area contributed by atoms with E-state index in [-0.39, 0.29) is 45.5 Å². The minimum Gasteiger partial charge on any atom is -0.352 e. The Morgan fingerprint density at radius 3 is 2.17 bits per heavy atom. The minimum atomic E-state index is -4.29. The molecule has 0 saturated heterocycles. The van der Waals surface area contributed by atoms with Gasteiger partial charge in [0.25, 0.3) is 10.0 Å². The van der Waals surface area contributed by atoms with Crippen LogP contribution in [-0.2, 0) is 32.6 Å². The van der Waals surface area contributed by atoms with Crippen molar-refractivity contribution in [3.63, 3.8) is 0 Å². The summed E-state index contributed by atoms with van der Waals surface area (Å²) in [5.41, 5.74) is 1.70. The number of rotatable bonds is 12. The van der Waals surface area contributed by atoms with Gasteiger partial charge in [-0.25, -0.2) is 8.42 Å². The van der Waals surface area contributed by atoms with Crippen molar-refractivity contribution < 1.29 is 18.0 Å². The fourth-order valence-corrected chi connectivity index (χ4v) is 7.99. The van der Waals surface area contributed by atoms with Gasteiger partial charge in [0.05, 0.1) is 15.6 Å². The highest BCUT2D eigenvalue weighted by Crippen LogP contribution is 2.33. The third-order valence-corrected chi connectivity index (χ3v) is 10.8. The zero-order chi connectivity index (χ0) is 32.7. The van der Waals surface area contributed by atoms with Crippen LogP contribution in [0.15, 0.2) is 112 Å². The summed E-state index contributed by atoms with van der Waals surface area (Å²) in [4.78, 5) is 30.2. The van der Waals surface area contributed by atoms with Crippen LogP contribution in [0.1, 0.15) is 36.8 Å². The first kappa shape index (κ1) is 34.0. The monoisotopic (exact) mass is 741 g/mol. The Hall–Kier alpha value is -3.37. The number of amides is 2. The Morgan fingerprint density at radius 2 is 1.50 bits per heavy atom. The van der Waals surface area contributed by atoms with Gasteiger partial charge in [0.15, 0.2) is 0 Å². The molecule has 0 aliphatic heterocycles. The highest BCUT2D eigenvalue weighted by Gasteiger charge is 2.36. The number of nitrogens with one attached hydrogen (secondary N) is 1. The van der Waals surface area contributed by atoms with E-state index in [1.807, 2.05) is 54.6 Å². The summed E-state index contributed by atoms with van der Waals surface area (Å²) in [6, 6.07) is 28.3. The first-order chi connectivity index (χ1) is 22.1. The molecule has 2 amide bonds. The highest BCUT2D eigenvalue weighted by atomic mass is 79.9. The smallest absolute Gasteiger partial charge is 0.264 e. The van der Waals surface area contributed by atoms with Crippen LogP contribution in [-0.4, -0.2) is 43.8 Å². The average Bonchev–Trinajstić information content (AvgIpc) is 3.56. The second kappa shape index (κ2) is 15.5. The fourth-order valence-electron chi connectivity index (χ4n) is 5.66. The Labute approximate surface area is 288 Å². The van der Waals surface area contributed by atoms with Gasteiger partial charge in [-0.2, -0.15) is 0 Å². The first-order valence-corrected chi connectivity index (χ1v) is 18.0. The lowest BCUT2D eigenvalue weighted by Crippen LogP contribution is -2.54. The molecule has 1 saturated carbocycles. The van der Waals surface area contributed by atoms with Crippen molar-refractivity contribution in [2.45, 2.75) is 55.6 Å². The van der Waals surface area contributed by atoms with Crippen LogP contribution in [0.2, 0.25) is 10.0 Å². The molecular formula is C35H34BrCl2N3O4S. The summed E-state index contributed by atoms with van der Waals surface area (Å²) in [5.74, 6) is -0.851. The lowest BCUT2D eigenvalue weighted by Gasteiger charge is -2.34. The molecular weight excluding hydrogens is 709 g/mol. The average molecular weight is 744 g/mol. The zero-order valence-corrected chi connectivity index (χ0v) is 28.9. The van der Waals surface area contributed by atoms with Gasteiger partial charge in [-0.15, -0.1) is 0 Å². The van der Waals surface area contributed by atoms with Gasteiger partial charge in [0.2, 0.25) is 11.8 Å². The maximum Gasteiger partial charge on any atom is 0.264 e. The Balaban J connectivity index is 1.58. The number of halogens is 3. The lowest BCUT2D eigenvalue weighted by atomic mass is 10.0. The molecule has 1 unspecified atom stereocenters. The van der Waals surface area contributed by atoms with Gasteiger partial charge in [0, 0.05) is 28.5 Å². The largest absolute Gasteiger partial charge is 0.352 e. The number of hydrogen-bond acceptors (Lipinski definition) is 4. The quantitative estimate of drug-likeness (QED) is 0.162. The molecule has 11 heteroatoms. The summed E-state index contributed by atoms with van der Waals surface area (Å²) >= 11 is 16.4. The molecule has 1 aliphatic carbocycles. The van der Waals surface area contributed by atoms with E-state index in [9.17, 15) is 18.0 Å². The fraction of sp³-hybridized carbons (Fsp3) is 0.257. The highest BCUT2D eigenvalue weighted by molar-refractivity contribution is 9.10. The van der Waals surface area contributed by atoms with Crippen molar-refractivity contribution in [3.05, 3.63) is 129 Å². The van der Waals surface area contributed by atoms with E-state index in [4.69, 9.17) is 23.2 Å². The Kier molecular flexibility index (Phi) is 11.4. The van der Waals surface area contributed by atoms with E-state index in [0.717, 1.165) is 45.6 Å². The maximum absolute atomic E-state index is 14.6. The molecule has 4 aromatic carbocycles. The number of sulfonamides is 1. The van der Waals surface area contributed by atoms with E-state index in [0.29, 0.717) is 0 Å². The van der Waals surface area contributed by atoms with Crippen LogP contribution in [0.3, 0.4) is 0 Å². The topological polar surface area (TPSA) is 86.8 Å². The van der Waals surface area contributed by atoms with Crippen LogP contribution in [0.4, 0.5) is 5.69 Å². The van der Waals surface area contributed by atoms with Crippen molar-refractivity contribution >= 4 is 66.7 Å². The summed E-state index contributed by atoms with van der Waals surface area (Å²) in [6.07, 6.45) is 4.05. The molecule has 1 fully saturated rings. The van der Waals surface area contributed by atoms with E-state index in [1.165, 1.54) is 29.2 Å². The van der Waals surface area contributed by atoms with E-state index < -0.39 is 28.5 Å². The number of carbonyl (C=O) groups is 2. The van der Waals surface area contributed by atoms with E-state index >= 15 is 0 Å². The summed E-state index contributed by atoms with van der Waals surface area (Å²) < 4.78 is 30.1. The van der Waals surface area contributed by atoms with Gasteiger partial charge in [-0.1, -0.05) is 113 Å². The number of anilines is 1. The maximum atomic E-state index is 14.6. The molecule has 5 rings (SSSR count). The molecule has 1 N–H and O–H groups in total. The summed E-state index contributed by atoms with van der Waals surface area (Å²) in [5, 5.41) is 3.54. The van der Waals surface area contributed by atoms with Crippen LogP contribution >= 0.6 is 39.1 Å². The molecule has 0 heterocycles. The molecule has 1 atom stereocenters. The molecule has 4 aromatic rings. The van der Waals surface area contributed by atoms with Gasteiger partial charge in [-0.05, 0) is 66.4 Å². The van der Waals surface area contributed by atoms with E-state index in [2.05, 4.69) is 21.2 Å². The molecule has 0 bridgehead atoms. The third-order valence-electron chi connectivity index (χ3n) is 8.00. The van der Waals surface area contributed by atoms with Crippen LogP contribution in [0, 0.1) is 0 Å². The van der Waals surface area contributed by atoms with Crippen LogP contribution in [0.5, 0.6) is 0 Å². The predicted octanol–water partition coefficient (Wildman–Crippen LogP) is 7.65. The van der Waals surface area contributed by atoms with Crippen LogP contribution in [0.25, 0.3) is 0 Å². The van der Waals surface area contributed by atoms with E-state index in [1.54, 1.807) is 24.3 Å². The number of nitrogens with zero attached hydrogens (tertiary/aromatic N) is 2. The van der Waals surface area contributed by atoms with Crippen molar-refractivity contribution in [2.75, 3.05) is 10.8 Å². The number of carbonyl (C=O) groups excluding carboxylic acids is 2. The van der Waals surface area contributed by atoms with Crippen molar-refractivity contribution in [3.8, 4) is 0 Å². The van der Waals surface area contributed by atoms with Crippen molar-refractivity contribution in [1.82, 2.24) is 10.2 Å². The van der Waals surface area contributed by atoms with Gasteiger partial charge < -0.3 is 10.2 Å². The minimum absolute atomic E-state index is 0.0165. The summed E-state index contributed by atoms with van der Waals surface area (Å²) in [6.45, 7) is -0.552. The number of hydrogen-bond donors (Lipinski definition) is 1. The van der Waals surface area contributed by atoms with Gasteiger partial charge >= 0.3 is 0 Å². The Bertz CT molecular complexity index is 1770. The molecule has 0 aromatic heterocycles. The molecule has 1 aliphatic rings. The molecule has 0 radical (unpaired) electrons. The lowest BCUT2D eigenvalue weighted by molar-refractivity contribution is -0.140. The van der Waals surface area contributed by atoms with Gasteiger partial charge in [0.1, 0.15) is 12.6 Å². The Morgan fingerprint density at radius 1 is 0.848 bits per heavy atom. The molecule has 0 spiro atoms. The summed E-state index contributed by atoms with van der Waals surface area (Å²) in [7, 11) is -4.29. The first-order valence-electron chi connectivity index (χ1n) is 15.0. The van der Waals surface area contributed by atoms with Crippen molar-refractivity contribution in [2.24, 2.45) is 0 Å². The normalized spacial score (nSPS) is 14.1. The second-order valence-corrected chi connectivity index (χ2v) is 14.9. The number of benzene rings is 4. The van der Waals surface area contributed by atoms with Crippen LogP contribution < -0.4 is 9.62 Å². The predicted molar refractivity (Wildman–Crippen MR) is 186 cm³/mol.